The predicted octanol–water partition coefficient (Wildman–Crippen LogP) is 0.400. The minimum absolute atomic E-state index is 0.246. The molecule has 1 amide bonds. The van der Waals surface area contributed by atoms with Crippen LogP contribution in [0.3, 0.4) is 0 Å². The fourth-order valence-corrected chi connectivity index (χ4v) is 1.44. The van der Waals surface area contributed by atoms with Crippen LogP contribution in [0, 0.1) is 5.82 Å². The third-order valence-corrected chi connectivity index (χ3v) is 2.19. The lowest BCUT2D eigenvalue weighted by Gasteiger charge is -2.16. The molecule has 14 heavy (non-hydrogen) atoms. The highest BCUT2D eigenvalue weighted by molar-refractivity contribution is 5.98. The molecule has 2 heterocycles. The van der Waals surface area contributed by atoms with Crippen molar-refractivity contribution in [3.8, 4) is 0 Å². The van der Waals surface area contributed by atoms with Gasteiger partial charge in [-0.3, -0.25) is 4.79 Å². The van der Waals surface area contributed by atoms with E-state index in [1.165, 1.54) is 6.07 Å². The fourth-order valence-electron chi connectivity index (χ4n) is 1.44. The first-order valence-corrected chi connectivity index (χ1v) is 4.33. The molecule has 1 N–H and O–H groups in total. The Bertz CT molecular complexity index is 380. The van der Waals surface area contributed by atoms with Gasteiger partial charge in [-0.05, 0) is 0 Å². The lowest BCUT2D eigenvalue weighted by Crippen LogP contribution is -2.27. The summed E-state index contributed by atoms with van der Waals surface area (Å²) in [5, 5.41) is 2.69. The average molecular weight is 195 g/mol. The molecule has 2 rings (SSSR count). The number of halogens is 1. The van der Waals surface area contributed by atoms with E-state index in [2.05, 4.69) is 10.3 Å². The number of nitrogens with zero attached hydrogens (tertiary/aromatic N) is 2. The summed E-state index contributed by atoms with van der Waals surface area (Å²) >= 11 is 0. The van der Waals surface area contributed by atoms with Gasteiger partial charge in [0.05, 0.1) is 11.9 Å². The zero-order chi connectivity index (χ0) is 10.1. The Kier molecular flexibility index (Phi) is 2.07. The number of rotatable bonds is 0. The zero-order valence-electron chi connectivity index (χ0n) is 7.75. The molecule has 1 aliphatic rings. The van der Waals surface area contributed by atoms with Crippen molar-refractivity contribution in [3.05, 3.63) is 23.8 Å². The predicted molar refractivity (Wildman–Crippen MR) is 49.8 cm³/mol. The van der Waals surface area contributed by atoms with Crippen molar-refractivity contribution in [1.82, 2.24) is 10.3 Å². The molecule has 1 aliphatic heterocycles. The molecule has 0 saturated heterocycles. The summed E-state index contributed by atoms with van der Waals surface area (Å²) in [6.07, 6.45) is 1.05. The maximum absolute atomic E-state index is 12.9. The normalized spacial score (nSPS) is 15.9. The standard InChI is InChI=1S/C9H10FN3O/c1-13-3-2-11-9(14)8-7(13)4-6(10)5-12-8/h4-5H,2-3H2,1H3,(H,11,14). The molecule has 0 unspecified atom stereocenters. The van der Waals surface area contributed by atoms with Crippen molar-refractivity contribution in [1.29, 1.82) is 0 Å². The number of nitrogens with one attached hydrogen (secondary N) is 1. The van der Waals surface area contributed by atoms with Gasteiger partial charge in [0.25, 0.3) is 5.91 Å². The zero-order valence-corrected chi connectivity index (χ0v) is 7.75. The summed E-state index contributed by atoms with van der Waals surface area (Å²) in [4.78, 5) is 17.0. The Morgan fingerprint density at radius 1 is 1.64 bits per heavy atom. The van der Waals surface area contributed by atoms with Crippen LogP contribution in [-0.4, -0.2) is 31.0 Å². The van der Waals surface area contributed by atoms with Gasteiger partial charge in [-0.25, -0.2) is 9.37 Å². The molecule has 0 saturated carbocycles. The number of hydrogen-bond acceptors (Lipinski definition) is 3. The summed E-state index contributed by atoms with van der Waals surface area (Å²) in [5.74, 6) is -0.672. The monoisotopic (exact) mass is 195 g/mol. The second-order valence-electron chi connectivity index (χ2n) is 3.20. The summed E-state index contributed by atoms with van der Waals surface area (Å²) < 4.78 is 12.9. The van der Waals surface area contributed by atoms with E-state index in [9.17, 15) is 9.18 Å². The largest absolute Gasteiger partial charge is 0.371 e. The molecule has 0 atom stereocenters. The van der Waals surface area contributed by atoms with Gasteiger partial charge in [-0.15, -0.1) is 0 Å². The van der Waals surface area contributed by atoms with Crippen LogP contribution in [0.25, 0.3) is 0 Å². The molecule has 0 fully saturated rings. The summed E-state index contributed by atoms with van der Waals surface area (Å²) in [7, 11) is 1.81. The van der Waals surface area contributed by atoms with Crippen molar-refractivity contribution in [2.75, 3.05) is 25.0 Å². The van der Waals surface area contributed by atoms with E-state index in [1.807, 2.05) is 4.90 Å². The number of hydrogen-bond donors (Lipinski definition) is 1. The number of carbonyl (C=O) groups is 1. The molecule has 4 nitrogen and oxygen atoms in total. The van der Waals surface area contributed by atoms with Crippen LogP contribution in [0.2, 0.25) is 0 Å². The molecule has 0 aliphatic carbocycles. The molecule has 0 aromatic carbocycles. The fraction of sp³-hybridized carbons (Fsp3) is 0.333. The quantitative estimate of drug-likeness (QED) is 0.651. The smallest absolute Gasteiger partial charge is 0.272 e. The lowest BCUT2D eigenvalue weighted by molar-refractivity contribution is 0.0953. The minimum Gasteiger partial charge on any atom is -0.371 e. The molecule has 74 valence electrons. The molecule has 0 bridgehead atoms. The number of likely N-dealkylation sites (N-methyl/N-ethyl adjacent to an activating group) is 1. The molecule has 0 radical (unpaired) electrons. The van der Waals surface area contributed by atoms with Crippen molar-refractivity contribution in [2.24, 2.45) is 0 Å². The van der Waals surface area contributed by atoms with Crippen molar-refractivity contribution < 1.29 is 9.18 Å². The van der Waals surface area contributed by atoms with Crippen molar-refractivity contribution in [2.45, 2.75) is 0 Å². The van der Waals surface area contributed by atoms with Crippen LogP contribution in [0.4, 0.5) is 10.1 Å². The highest BCUT2D eigenvalue weighted by atomic mass is 19.1. The van der Waals surface area contributed by atoms with E-state index in [0.717, 1.165) is 6.20 Å². The van der Waals surface area contributed by atoms with E-state index in [4.69, 9.17) is 0 Å². The van der Waals surface area contributed by atoms with Crippen LogP contribution in [0.15, 0.2) is 12.3 Å². The second-order valence-corrected chi connectivity index (χ2v) is 3.20. The van der Waals surface area contributed by atoms with Gasteiger partial charge in [0.2, 0.25) is 0 Å². The third kappa shape index (κ3) is 1.41. The van der Waals surface area contributed by atoms with Gasteiger partial charge < -0.3 is 10.2 Å². The van der Waals surface area contributed by atoms with Crippen LogP contribution < -0.4 is 10.2 Å². The SMILES string of the molecule is CN1CCNC(=O)c2ncc(F)cc21. The number of anilines is 1. The van der Waals surface area contributed by atoms with Crippen molar-refractivity contribution >= 4 is 11.6 Å². The van der Waals surface area contributed by atoms with E-state index >= 15 is 0 Å². The Morgan fingerprint density at radius 2 is 2.43 bits per heavy atom. The number of aromatic nitrogens is 1. The van der Waals surface area contributed by atoms with E-state index < -0.39 is 5.82 Å². The van der Waals surface area contributed by atoms with Crippen molar-refractivity contribution in [3.63, 3.8) is 0 Å². The topological polar surface area (TPSA) is 45.2 Å². The molecule has 5 heteroatoms. The first-order valence-electron chi connectivity index (χ1n) is 4.33. The van der Waals surface area contributed by atoms with E-state index in [0.29, 0.717) is 18.8 Å². The number of fused-ring (bicyclic) bond motifs is 1. The molecular weight excluding hydrogens is 185 g/mol. The first kappa shape index (κ1) is 8.93. The van der Waals surface area contributed by atoms with Crippen LogP contribution in [-0.2, 0) is 0 Å². The Balaban J connectivity index is 2.54. The molecule has 1 aromatic rings. The van der Waals surface area contributed by atoms with Crippen LogP contribution in [0.1, 0.15) is 10.5 Å². The second kappa shape index (κ2) is 3.25. The van der Waals surface area contributed by atoms with Gasteiger partial charge in [-0.2, -0.15) is 0 Å². The Hall–Kier alpha value is -1.65. The summed E-state index contributed by atoms with van der Waals surface area (Å²) in [5.41, 5.74) is 0.825. The van der Waals surface area contributed by atoms with E-state index in [1.54, 1.807) is 7.05 Å². The lowest BCUT2D eigenvalue weighted by atomic mass is 10.2. The van der Waals surface area contributed by atoms with Gasteiger partial charge in [-0.1, -0.05) is 0 Å². The number of amides is 1. The highest BCUT2D eigenvalue weighted by Crippen LogP contribution is 2.19. The molecule has 0 spiro atoms. The van der Waals surface area contributed by atoms with Gasteiger partial charge in [0.1, 0.15) is 5.82 Å². The minimum atomic E-state index is -0.426. The summed E-state index contributed by atoms with van der Waals surface area (Å²) in [6, 6.07) is 1.33. The van der Waals surface area contributed by atoms with Gasteiger partial charge in [0.15, 0.2) is 5.69 Å². The molecular formula is C9H10FN3O. The first-order chi connectivity index (χ1) is 6.68. The van der Waals surface area contributed by atoms with Crippen LogP contribution in [0.5, 0.6) is 0 Å². The van der Waals surface area contributed by atoms with E-state index in [-0.39, 0.29) is 11.6 Å². The van der Waals surface area contributed by atoms with Crippen LogP contribution >= 0.6 is 0 Å². The Labute approximate surface area is 80.7 Å². The maximum atomic E-state index is 12.9. The van der Waals surface area contributed by atoms with Gasteiger partial charge >= 0.3 is 0 Å². The van der Waals surface area contributed by atoms with Gasteiger partial charge in [0, 0.05) is 26.2 Å². The highest BCUT2D eigenvalue weighted by Gasteiger charge is 2.19. The molecule has 1 aromatic heterocycles. The number of pyridine rings is 1. The Morgan fingerprint density at radius 3 is 3.21 bits per heavy atom. The summed E-state index contributed by atoms with van der Waals surface area (Å²) in [6.45, 7) is 1.21. The average Bonchev–Trinajstić information content (AvgIpc) is 2.28. The number of carbonyl (C=O) groups excluding carboxylic acids is 1. The third-order valence-electron chi connectivity index (χ3n) is 2.19. The maximum Gasteiger partial charge on any atom is 0.272 e.